The van der Waals surface area contributed by atoms with Crippen LogP contribution in [0.25, 0.3) is 20.4 Å². The summed E-state index contributed by atoms with van der Waals surface area (Å²) >= 11 is 5.30. The number of anilines is 2. The van der Waals surface area contributed by atoms with Crippen molar-refractivity contribution in [3.05, 3.63) is 36.4 Å². The highest BCUT2D eigenvalue weighted by atomic mass is 32.2. The van der Waals surface area contributed by atoms with E-state index < -0.39 is 0 Å². The molecular formula is C20H20N4OS3. The van der Waals surface area contributed by atoms with Gasteiger partial charge in [0.2, 0.25) is 0 Å². The van der Waals surface area contributed by atoms with Crippen LogP contribution in [0.2, 0.25) is 0 Å². The van der Waals surface area contributed by atoms with Crippen molar-refractivity contribution < 1.29 is 4.74 Å². The van der Waals surface area contributed by atoms with Gasteiger partial charge in [0.25, 0.3) is 0 Å². The largest absolute Gasteiger partial charge is 0.497 e. The summed E-state index contributed by atoms with van der Waals surface area (Å²) in [6.07, 6.45) is 2.11. The Morgan fingerprint density at radius 1 is 0.929 bits per heavy atom. The normalized spacial score (nSPS) is 14.9. The van der Waals surface area contributed by atoms with E-state index in [1.807, 2.05) is 12.1 Å². The number of methoxy groups -OCH3 is 1. The highest BCUT2D eigenvalue weighted by molar-refractivity contribution is 7.98. The van der Waals surface area contributed by atoms with Crippen LogP contribution in [0.1, 0.15) is 0 Å². The topological polar surface area (TPSA) is 41.5 Å². The molecule has 4 aromatic rings. The quantitative estimate of drug-likeness (QED) is 0.428. The molecule has 0 atom stereocenters. The second kappa shape index (κ2) is 7.42. The number of para-hydroxylation sites is 1. The van der Waals surface area contributed by atoms with E-state index in [2.05, 4.69) is 40.3 Å². The zero-order valence-corrected chi connectivity index (χ0v) is 18.2. The molecule has 3 heterocycles. The Morgan fingerprint density at radius 3 is 2.36 bits per heavy atom. The van der Waals surface area contributed by atoms with Crippen LogP contribution in [0.4, 0.5) is 10.3 Å². The summed E-state index contributed by atoms with van der Waals surface area (Å²) in [5.41, 5.74) is 2.18. The number of piperazine rings is 1. The first-order valence-electron chi connectivity index (χ1n) is 9.13. The Bertz CT molecular complexity index is 1130. The van der Waals surface area contributed by atoms with Gasteiger partial charge in [0.05, 0.1) is 27.5 Å². The van der Waals surface area contributed by atoms with Gasteiger partial charge in [-0.1, -0.05) is 28.7 Å². The Morgan fingerprint density at radius 2 is 1.64 bits per heavy atom. The van der Waals surface area contributed by atoms with Crippen LogP contribution in [0.5, 0.6) is 5.75 Å². The molecule has 0 unspecified atom stereocenters. The second-order valence-electron chi connectivity index (χ2n) is 6.61. The van der Waals surface area contributed by atoms with Crippen molar-refractivity contribution in [2.45, 2.75) is 4.90 Å². The number of ether oxygens (including phenoxy) is 1. The van der Waals surface area contributed by atoms with Crippen LogP contribution >= 0.6 is 34.4 Å². The van der Waals surface area contributed by atoms with Gasteiger partial charge in [0.15, 0.2) is 10.3 Å². The molecule has 0 spiro atoms. The zero-order valence-electron chi connectivity index (χ0n) is 15.7. The number of rotatable bonds is 4. The molecule has 0 saturated carbocycles. The van der Waals surface area contributed by atoms with E-state index in [0.717, 1.165) is 53.2 Å². The van der Waals surface area contributed by atoms with Gasteiger partial charge in [-0.2, -0.15) is 0 Å². The van der Waals surface area contributed by atoms with Crippen LogP contribution in [-0.2, 0) is 0 Å². The van der Waals surface area contributed by atoms with E-state index in [1.165, 1.54) is 14.3 Å². The minimum absolute atomic E-state index is 0.882. The van der Waals surface area contributed by atoms with Crippen molar-refractivity contribution in [3.8, 4) is 5.75 Å². The first-order chi connectivity index (χ1) is 13.7. The molecule has 1 saturated heterocycles. The summed E-state index contributed by atoms with van der Waals surface area (Å²) in [5.74, 6) is 0.882. The van der Waals surface area contributed by atoms with Gasteiger partial charge >= 0.3 is 0 Å². The smallest absolute Gasteiger partial charge is 0.186 e. The predicted molar refractivity (Wildman–Crippen MR) is 122 cm³/mol. The van der Waals surface area contributed by atoms with Crippen LogP contribution in [-0.4, -0.2) is 49.5 Å². The van der Waals surface area contributed by atoms with Crippen molar-refractivity contribution in [3.63, 3.8) is 0 Å². The average Bonchev–Trinajstić information content (AvgIpc) is 3.37. The molecule has 5 rings (SSSR count). The van der Waals surface area contributed by atoms with E-state index in [-0.39, 0.29) is 0 Å². The molecule has 2 aromatic carbocycles. The number of benzene rings is 2. The summed E-state index contributed by atoms with van der Waals surface area (Å²) in [5, 5.41) is 2.22. The first-order valence-corrected chi connectivity index (χ1v) is 12.0. The number of aromatic nitrogens is 2. The fourth-order valence-corrected chi connectivity index (χ4v) is 6.17. The van der Waals surface area contributed by atoms with Gasteiger partial charge in [0.1, 0.15) is 5.75 Å². The molecule has 8 heteroatoms. The summed E-state index contributed by atoms with van der Waals surface area (Å²) in [4.78, 5) is 15.8. The Labute approximate surface area is 176 Å². The third-order valence-electron chi connectivity index (χ3n) is 5.00. The lowest BCUT2D eigenvalue weighted by Crippen LogP contribution is -2.46. The SMILES string of the molecule is COc1ccc2nc(N3CCN(c4nc5c(SC)cccc5s4)CC3)sc2c1. The van der Waals surface area contributed by atoms with Crippen LogP contribution in [0.15, 0.2) is 41.3 Å². The molecule has 2 aromatic heterocycles. The lowest BCUT2D eigenvalue weighted by molar-refractivity contribution is 0.415. The maximum atomic E-state index is 5.33. The Balaban J connectivity index is 1.33. The van der Waals surface area contributed by atoms with Gasteiger partial charge < -0.3 is 14.5 Å². The van der Waals surface area contributed by atoms with Gasteiger partial charge in [-0.3, -0.25) is 0 Å². The molecule has 0 radical (unpaired) electrons. The highest BCUT2D eigenvalue weighted by Crippen LogP contribution is 2.36. The third kappa shape index (κ3) is 3.19. The summed E-state index contributed by atoms with van der Waals surface area (Å²) in [6.45, 7) is 3.85. The standard InChI is InChI=1S/C20H20N4OS3/c1-25-13-6-7-14-17(12-13)28-19(21-14)23-8-10-24(11-9-23)20-22-18-15(26-2)4-3-5-16(18)27-20/h3-7,12H,8-11H2,1-2H3. The summed E-state index contributed by atoms with van der Waals surface area (Å²) in [6, 6.07) is 12.5. The van der Waals surface area contributed by atoms with Crippen molar-refractivity contribution in [2.75, 3.05) is 49.3 Å². The number of hydrogen-bond acceptors (Lipinski definition) is 8. The first kappa shape index (κ1) is 18.0. The van der Waals surface area contributed by atoms with Crippen LogP contribution in [0, 0.1) is 0 Å². The molecule has 5 nitrogen and oxygen atoms in total. The Hall–Kier alpha value is -2.03. The fraction of sp³-hybridized carbons (Fsp3) is 0.300. The molecule has 1 aliphatic rings. The number of thioether (sulfide) groups is 1. The van der Waals surface area contributed by atoms with Crippen molar-refractivity contribution in [1.82, 2.24) is 9.97 Å². The second-order valence-corrected chi connectivity index (χ2v) is 9.47. The highest BCUT2D eigenvalue weighted by Gasteiger charge is 2.22. The average molecular weight is 429 g/mol. The molecule has 0 aliphatic carbocycles. The van der Waals surface area contributed by atoms with Gasteiger partial charge in [0, 0.05) is 31.1 Å². The van der Waals surface area contributed by atoms with Crippen molar-refractivity contribution in [1.29, 1.82) is 0 Å². The van der Waals surface area contributed by atoms with E-state index in [9.17, 15) is 0 Å². The monoisotopic (exact) mass is 428 g/mol. The molecule has 0 amide bonds. The maximum Gasteiger partial charge on any atom is 0.186 e. The third-order valence-corrected chi connectivity index (χ3v) is 7.93. The summed E-state index contributed by atoms with van der Waals surface area (Å²) < 4.78 is 7.77. The van der Waals surface area contributed by atoms with Crippen LogP contribution in [0.3, 0.4) is 0 Å². The van der Waals surface area contributed by atoms with Crippen molar-refractivity contribution in [2.24, 2.45) is 0 Å². The fourth-order valence-electron chi connectivity index (χ4n) is 3.46. The van der Waals surface area contributed by atoms with Crippen molar-refractivity contribution >= 4 is 65.1 Å². The minimum atomic E-state index is 0.882. The van der Waals surface area contributed by atoms with Gasteiger partial charge in [-0.05, 0) is 36.6 Å². The Kier molecular flexibility index (Phi) is 4.78. The predicted octanol–water partition coefficient (Wildman–Crippen LogP) is 4.96. The number of hydrogen-bond donors (Lipinski definition) is 0. The lowest BCUT2D eigenvalue weighted by atomic mass is 10.3. The zero-order chi connectivity index (χ0) is 19.1. The van der Waals surface area contributed by atoms with Gasteiger partial charge in [-0.25, -0.2) is 9.97 Å². The summed E-state index contributed by atoms with van der Waals surface area (Å²) in [7, 11) is 1.70. The van der Waals surface area contributed by atoms with E-state index in [1.54, 1.807) is 41.5 Å². The molecule has 28 heavy (non-hydrogen) atoms. The van der Waals surface area contributed by atoms with Gasteiger partial charge in [-0.15, -0.1) is 11.8 Å². The molecule has 144 valence electrons. The lowest BCUT2D eigenvalue weighted by Gasteiger charge is -2.34. The molecule has 0 bridgehead atoms. The number of fused-ring (bicyclic) bond motifs is 2. The molecule has 0 N–H and O–H groups in total. The van der Waals surface area contributed by atoms with E-state index in [4.69, 9.17) is 14.7 Å². The minimum Gasteiger partial charge on any atom is -0.497 e. The number of thiazole rings is 2. The maximum absolute atomic E-state index is 5.33. The molecular weight excluding hydrogens is 408 g/mol. The van der Waals surface area contributed by atoms with E-state index in [0.29, 0.717) is 0 Å². The molecule has 1 fully saturated rings. The molecule has 1 aliphatic heterocycles. The van der Waals surface area contributed by atoms with E-state index >= 15 is 0 Å². The number of nitrogens with zero attached hydrogens (tertiary/aromatic N) is 4. The van der Waals surface area contributed by atoms with Crippen LogP contribution < -0.4 is 14.5 Å².